The predicted octanol–water partition coefficient (Wildman–Crippen LogP) is 2.28. The molecule has 0 saturated carbocycles. The van der Waals surface area contributed by atoms with Gasteiger partial charge in [-0.3, -0.25) is 0 Å². The molecule has 1 aromatic heterocycles. The Morgan fingerprint density at radius 1 is 1.12 bits per heavy atom. The number of piperazine rings is 1. The fourth-order valence-corrected chi connectivity index (χ4v) is 2.34. The summed E-state index contributed by atoms with van der Waals surface area (Å²) in [7, 11) is 0. The molecular formula is C11H12Cl2N4. The van der Waals surface area contributed by atoms with Crippen molar-refractivity contribution >= 4 is 40.2 Å². The average Bonchev–Trinajstić information content (AvgIpc) is 2.74. The topological polar surface area (TPSA) is 44.0 Å². The number of H-pyrrole nitrogens is 1. The Balaban J connectivity index is 2.00. The third-order valence-corrected chi connectivity index (χ3v) is 3.65. The summed E-state index contributed by atoms with van der Waals surface area (Å²) in [5, 5.41) is 4.40. The van der Waals surface area contributed by atoms with Crippen molar-refractivity contribution in [1.29, 1.82) is 0 Å². The van der Waals surface area contributed by atoms with Gasteiger partial charge in [0.25, 0.3) is 0 Å². The number of fused-ring (bicyclic) bond motifs is 1. The van der Waals surface area contributed by atoms with Gasteiger partial charge in [-0.15, -0.1) is 0 Å². The largest absolute Gasteiger partial charge is 0.340 e. The van der Waals surface area contributed by atoms with Crippen LogP contribution in [0.4, 0.5) is 5.95 Å². The van der Waals surface area contributed by atoms with Crippen molar-refractivity contribution in [3.8, 4) is 0 Å². The van der Waals surface area contributed by atoms with Gasteiger partial charge in [0.05, 0.1) is 21.1 Å². The van der Waals surface area contributed by atoms with Gasteiger partial charge in [0.2, 0.25) is 5.95 Å². The molecule has 0 amide bonds. The lowest BCUT2D eigenvalue weighted by Gasteiger charge is -2.26. The van der Waals surface area contributed by atoms with Crippen molar-refractivity contribution in [2.75, 3.05) is 31.1 Å². The molecular weight excluding hydrogens is 259 g/mol. The van der Waals surface area contributed by atoms with Gasteiger partial charge in [-0.25, -0.2) is 4.98 Å². The van der Waals surface area contributed by atoms with Crippen molar-refractivity contribution in [3.05, 3.63) is 22.2 Å². The molecule has 4 nitrogen and oxygen atoms in total. The van der Waals surface area contributed by atoms with Gasteiger partial charge >= 0.3 is 0 Å². The lowest BCUT2D eigenvalue weighted by Crippen LogP contribution is -2.44. The summed E-state index contributed by atoms with van der Waals surface area (Å²) in [6.07, 6.45) is 0. The maximum absolute atomic E-state index is 5.98. The molecule has 2 heterocycles. The van der Waals surface area contributed by atoms with Gasteiger partial charge < -0.3 is 15.2 Å². The Hall–Kier alpha value is -0.970. The van der Waals surface area contributed by atoms with Crippen LogP contribution in [0.2, 0.25) is 10.0 Å². The van der Waals surface area contributed by atoms with E-state index in [9.17, 15) is 0 Å². The molecule has 6 heteroatoms. The minimum Gasteiger partial charge on any atom is -0.340 e. The van der Waals surface area contributed by atoms with Crippen LogP contribution >= 0.6 is 23.2 Å². The molecule has 1 aliphatic rings. The molecule has 0 radical (unpaired) electrons. The Kier molecular flexibility index (Phi) is 2.86. The molecule has 0 spiro atoms. The third-order valence-electron chi connectivity index (χ3n) is 2.93. The molecule has 90 valence electrons. The van der Waals surface area contributed by atoms with Crippen LogP contribution in [0, 0.1) is 0 Å². The van der Waals surface area contributed by atoms with Gasteiger partial charge in [-0.2, -0.15) is 0 Å². The zero-order chi connectivity index (χ0) is 11.8. The fourth-order valence-electron chi connectivity index (χ4n) is 2.02. The Bertz CT molecular complexity index is 507. The van der Waals surface area contributed by atoms with E-state index in [1.54, 1.807) is 6.07 Å². The maximum atomic E-state index is 5.98. The molecule has 0 atom stereocenters. The highest BCUT2D eigenvalue weighted by Crippen LogP contribution is 2.28. The lowest BCUT2D eigenvalue weighted by molar-refractivity contribution is 0.582. The van der Waals surface area contributed by atoms with Crippen molar-refractivity contribution in [2.24, 2.45) is 0 Å². The first-order valence-electron chi connectivity index (χ1n) is 5.54. The van der Waals surface area contributed by atoms with Crippen molar-refractivity contribution in [2.45, 2.75) is 0 Å². The average molecular weight is 271 g/mol. The first-order chi connectivity index (χ1) is 8.24. The van der Waals surface area contributed by atoms with Gasteiger partial charge in [-0.05, 0) is 12.1 Å². The second-order valence-corrected chi connectivity index (χ2v) is 4.90. The van der Waals surface area contributed by atoms with Crippen LogP contribution in [0.1, 0.15) is 0 Å². The summed E-state index contributed by atoms with van der Waals surface area (Å²) in [6, 6.07) is 3.61. The third kappa shape index (κ3) is 2.08. The molecule has 1 fully saturated rings. The molecule has 0 bridgehead atoms. The minimum atomic E-state index is 0.539. The molecule has 0 unspecified atom stereocenters. The molecule has 1 aliphatic heterocycles. The number of nitrogens with zero attached hydrogens (tertiary/aromatic N) is 2. The van der Waals surface area contributed by atoms with E-state index in [4.69, 9.17) is 23.2 Å². The van der Waals surface area contributed by atoms with E-state index in [0.717, 1.165) is 43.2 Å². The number of halogens is 2. The highest BCUT2D eigenvalue weighted by Gasteiger charge is 2.14. The highest BCUT2D eigenvalue weighted by atomic mass is 35.5. The van der Waals surface area contributed by atoms with Gasteiger partial charge in [0.1, 0.15) is 0 Å². The number of imidazole rings is 1. The van der Waals surface area contributed by atoms with Crippen molar-refractivity contribution in [1.82, 2.24) is 15.3 Å². The van der Waals surface area contributed by atoms with Gasteiger partial charge in [0, 0.05) is 26.2 Å². The summed E-state index contributed by atoms with van der Waals surface area (Å²) < 4.78 is 0. The van der Waals surface area contributed by atoms with Crippen molar-refractivity contribution in [3.63, 3.8) is 0 Å². The van der Waals surface area contributed by atoms with E-state index >= 15 is 0 Å². The minimum absolute atomic E-state index is 0.539. The number of aromatic amines is 1. The van der Waals surface area contributed by atoms with E-state index < -0.39 is 0 Å². The smallest absolute Gasteiger partial charge is 0.203 e. The van der Waals surface area contributed by atoms with E-state index in [0.29, 0.717) is 10.0 Å². The molecule has 3 rings (SSSR count). The zero-order valence-electron chi connectivity index (χ0n) is 9.13. The van der Waals surface area contributed by atoms with Crippen LogP contribution in [-0.2, 0) is 0 Å². The zero-order valence-corrected chi connectivity index (χ0v) is 10.6. The second kappa shape index (κ2) is 4.37. The summed E-state index contributed by atoms with van der Waals surface area (Å²) >= 11 is 12.0. The van der Waals surface area contributed by atoms with E-state index in [1.807, 2.05) is 6.07 Å². The standard InChI is InChI=1S/C11H12Cl2N4/c12-7-5-9-10(6-8(7)13)16-11(15-9)17-3-1-14-2-4-17/h5-6,14H,1-4H2,(H,15,16). The normalized spacial score (nSPS) is 16.7. The second-order valence-electron chi connectivity index (χ2n) is 4.08. The number of anilines is 1. The van der Waals surface area contributed by atoms with E-state index in [2.05, 4.69) is 20.2 Å². The van der Waals surface area contributed by atoms with Crippen LogP contribution in [0.3, 0.4) is 0 Å². The van der Waals surface area contributed by atoms with Gasteiger partial charge in [-0.1, -0.05) is 23.2 Å². The molecule has 2 aromatic rings. The maximum Gasteiger partial charge on any atom is 0.203 e. The molecule has 1 aromatic carbocycles. The molecule has 17 heavy (non-hydrogen) atoms. The van der Waals surface area contributed by atoms with Crippen molar-refractivity contribution < 1.29 is 0 Å². The number of nitrogens with one attached hydrogen (secondary N) is 2. The molecule has 0 aliphatic carbocycles. The predicted molar refractivity (Wildman–Crippen MR) is 71.2 cm³/mol. The number of hydrogen-bond acceptors (Lipinski definition) is 3. The highest BCUT2D eigenvalue weighted by molar-refractivity contribution is 6.42. The molecule has 1 saturated heterocycles. The van der Waals surface area contributed by atoms with Crippen LogP contribution in [0.5, 0.6) is 0 Å². The summed E-state index contributed by atoms with van der Waals surface area (Å²) in [5.41, 5.74) is 1.78. The number of rotatable bonds is 1. The fraction of sp³-hybridized carbons (Fsp3) is 0.364. The Labute approximate surface area is 109 Å². The molecule has 2 N–H and O–H groups in total. The van der Waals surface area contributed by atoms with E-state index in [1.165, 1.54) is 0 Å². The lowest BCUT2D eigenvalue weighted by atomic mass is 10.3. The van der Waals surface area contributed by atoms with E-state index in [-0.39, 0.29) is 0 Å². The Morgan fingerprint density at radius 3 is 2.59 bits per heavy atom. The quantitative estimate of drug-likeness (QED) is 0.836. The first kappa shape index (κ1) is 11.1. The van der Waals surface area contributed by atoms with Crippen LogP contribution in [-0.4, -0.2) is 36.1 Å². The SMILES string of the molecule is Clc1cc2nc(N3CCNCC3)[nH]c2cc1Cl. The summed E-state index contributed by atoms with van der Waals surface area (Å²) in [5.74, 6) is 0.889. The summed E-state index contributed by atoms with van der Waals surface area (Å²) in [6.45, 7) is 3.89. The van der Waals surface area contributed by atoms with Gasteiger partial charge in [0.15, 0.2) is 0 Å². The van der Waals surface area contributed by atoms with Crippen LogP contribution in [0.15, 0.2) is 12.1 Å². The number of aromatic nitrogens is 2. The monoisotopic (exact) mass is 270 g/mol. The summed E-state index contributed by atoms with van der Waals surface area (Å²) in [4.78, 5) is 10.0. The number of hydrogen-bond donors (Lipinski definition) is 2. The Morgan fingerprint density at radius 2 is 1.82 bits per heavy atom. The van der Waals surface area contributed by atoms with Crippen LogP contribution < -0.4 is 10.2 Å². The number of benzene rings is 1. The first-order valence-corrected chi connectivity index (χ1v) is 6.30. The van der Waals surface area contributed by atoms with Crippen LogP contribution in [0.25, 0.3) is 11.0 Å².